The monoisotopic (exact) mass is 180 g/mol. The summed E-state index contributed by atoms with van der Waals surface area (Å²) in [4.78, 5) is 0. The zero-order valence-corrected chi connectivity index (χ0v) is 7.84. The van der Waals surface area contributed by atoms with Gasteiger partial charge in [-0.25, -0.2) is 4.39 Å². The summed E-state index contributed by atoms with van der Waals surface area (Å²) in [5.41, 5.74) is 1.68. The van der Waals surface area contributed by atoms with Gasteiger partial charge in [-0.2, -0.15) is 0 Å². The van der Waals surface area contributed by atoms with Crippen molar-refractivity contribution in [3.05, 3.63) is 47.3 Å². The van der Waals surface area contributed by atoms with Gasteiger partial charge in [-0.15, -0.1) is 0 Å². The maximum Gasteiger partial charge on any atom is 0.129 e. The maximum absolute atomic E-state index is 13.3. The van der Waals surface area contributed by atoms with Crippen molar-refractivity contribution in [3.63, 3.8) is 0 Å². The van der Waals surface area contributed by atoms with Gasteiger partial charge < -0.3 is 5.11 Å². The fraction of sp³-hybridized carbons (Fsp3) is 0.273. The highest BCUT2D eigenvalue weighted by Crippen LogP contribution is 2.22. The molecule has 2 heteroatoms. The van der Waals surface area contributed by atoms with Crippen molar-refractivity contribution in [3.8, 4) is 0 Å². The fourth-order valence-electron chi connectivity index (χ4n) is 1.12. The lowest BCUT2D eigenvalue weighted by atomic mass is 10.0. The summed E-state index contributed by atoms with van der Waals surface area (Å²) in [6.07, 6.45) is -0.902. The van der Waals surface area contributed by atoms with Gasteiger partial charge in [-0.1, -0.05) is 18.7 Å². The van der Waals surface area contributed by atoms with Gasteiger partial charge in [0.1, 0.15) is 11.9 Å². The van der Waals surface area contributed by atoms with E-state index < -0.39 is 6.10 Å². The maximum atomic E-state index is 13.3. The number of rotatable bonds is 2. The van der Waals surface area contributed by atoms with Gasteiger partial charge in [0.05, 0.1) is 0 Å². The molecule has 0 saturated carbocycles. The van der Waals surface area contributed by atoms with E-state index in [4.69, 9.17) is 0 Å². The molecule has 0 bridgehead atoms. The highest BCUT2D eigenvalue weighted by atomic mass is 19.1. The van der Waals surface area contributed by atoms with Crippen molar-refractivity contribution in [1.82, 2.24) is 0 Å². The third-order valence-corrected chi connectivity index (χ3v) is 1.92. The van der Waals surface area contributed by atoms with Crippen LogP contribution in [-0.4, -0.2) is 5.11 Å². The standard InChI is InChI=1S/C11H13FO/c1-7(2)11(13)9-5-4-8(3)6-10(9)12/h4-6,11,13H,1H2,2-3H3. The minimum atomic E-state index is -0.902. The Bertz CT molecular complexity index is 331. The van der Waals surface area contributed by atoms with Crippen LogP contribution in [0.3, 0.4) is 0 Å². The molecule has 1 rings (SSSR count). The van der Waals surface area contributed by atoms with Crippen molar-refractivity contribution in [2.24, 2.45) is 0 Å². The fourth-order valence-corrected chi connectivity index (χ4v) is 1.12. The Hall–Kier alpha value is -1.15. The second-order valence-electron chi connectivity index (χ2n) is 3.27. The minimum Gasteiger partial charge on any atom is -0.384 e. The Morgan fingerprint density at radius 1 is 1.54 bits per heavy atom. The number of hydrogen-bond donors (Lipinski definition) is 1. The highest BCUT2D eigenvalue weighted by Gasteiger charge is 2.12. The number of benzene rings is 1. The lowest BCUT2D eigenvalue weighted by Gasteiger charge is -2.11. The lowest BCUT2D eigenvalue weighted by Crippen LogP contribution is -2.01. The van der Waals surface area contributed by atoms with E-state index in [0.29, 0.717) is 5.57 Å². The molecule has 0 aliphatic heterocycles. The van der Waals surface area contributed by atoms with Gasteiger partial charge in [0.25, 0.3) is 0 Å². The summed E-state index contributed by atoms with van der Waals surface area (Å²) < 4.78 is 13.3. The normalized spacial score (nSPS) is 12.6. The van der Waals surface area contributed by atoms with Crippen LogP contribution in [0.4, 0.5) is 4.39 Å². The Balaban J connectivity index is 3.08. The molecule has 0 aliphatic carbocycles. The van der Waals surface area contributed by atoms with Crippen LogP contribution in [0.25, 0.3) is 0 Å². The largest absolute Gasteiger partial charge is 0.384 e. The first-order valence-corrected chi connectivity index (χ1v) is 4.12. The summed E-state index contributed by atoms with van der Waals surface area (Å²) in [6, 6.07) is 4.76. The quantitative estimate of drug-likeness (QED) is 0.694. The molecule has 70 valence electrons. The molecule has 1 atom stereocenters. The zero-order chi connectivity index (χ0) is 10.0. The molecule has 1 aromatic rings. The highest BCUT2D eigenvalue weighted by molar-refractivity contribution is 5.28. The summed E-state index contributed by atoms with van der Waals surface area (Å²) >= 11 is 0. The molecule has 1 N–H and O–H groups in total. The first-order chi connectivity index (χ1) is 6.02. The number of aryl methyl sites for hydroxylation is 1. The van der Waals surface area contributed by atoms with Crippen LogP contribution in [0.1, 0.15) is 24.2 Å². The molecular weight excluding hydrogens is 167 g/mol. The molecule has 0 heterocycles. The molecule has 0 radical (unpaired) electrons. The van der Waals surface area contributed by atoms with Crippen LogP contribution in [0, 0.1) is 12.7 Å². The molecule has 0 spiro atoms. The van der Waals surface area contributed by atoms with Gasteiger partial charge >= 0.3 is 0 Å². The Labute approximate surface area is 77.5 Å². The van der Waals surface area contributed by atoms with Crippen LogP contribution in [0.2, 0.25) is 0 Å². The molecule has 1 nitrogen and oxygen atoms in total. The molecule has 1 aromatic carbocycles. The topological polar surface area (TPSA) is 20.2 Å². The lowest BCUT2D eigenvalue weighted by molar-refractivity contribution is 0.211. The minimum absolute atomic E-state index is 0.290. The van der Waals surface area contributed by atoms with Gasteiger partial charge in [0, 0.05) is 5.56 Å². The van der Waals surface area contributed by atoms with E-state index in [1.165, 1.54) is 6.07 Å². The van der Waals surface area contributed by atoms with E-state index in [2.05, 4.69) is 6.58 Å². The SMILES string of the molecule is C=C(C)C(O)c1ccc(C)cc1F. The predicted molar refractivity (Wildman–Crippen MR) is 50.9 cm³/mol. The van der Waals surface area contributed by atoms with E-state index in [-0.39, 0.29) is 11.4 Å². The number of aliphatic hydroxyl groups is 1. The average Bonchev–Trinajstić information content (AvgIpc) is 2.03. The summed E-state index contributed by atoms with van der Waals surface area (Å²) in [7, 11) is 0. The van der Waals surface area contributed by atoms with E-state index in [9.17, 15) is 9.50 Å². The van der Waals surface area contributed by atoms with Crippen molar-refractivity contribution in [1.29, 1.82) is 0 Å². The Morgan fingerprint density at radius 3 is 2.62 bits per heavy atom. The molecular formula is C11H13FO. The average molecular weight is 180 g/mol. The second-order valence-corrected chi connectivity index (χ2v) is 3.27. The first-order valence-electron chi connectivity index (χ1n) is 4.12. The van der Waals surface area contributed by atoms with Gasteiger partial charge in [0.15, 0.2) is 0 Å². The van der Waals surface area contributed by atoms with Crippen molar-refractivity contribution in [2.75, 3.05) is 0 Å². The van der Waals surface area contributed by atoms with Gasteiger partial charge in [-0.05, 0) is 31.1 Å². The third-order valence-electron chi connectivity index (χ3n) is 1.92. The molecule has 0 amide bonds. The summed E-state index contributed by atoms with van der Waals surface area (Å²) in [5, 5.41) is 9.53. The van der Waals surface area contributed by atoms with Crippen LogP contribution < -0.4 is 0 Å². The molecule has 0 aliphatic rings. The smallest absolute Gasteiger partial charge is 0.129 e. The predicted octanol–water partition coefficient (Wildman–Crippen LogP) is 2.74. The Kier molecular flexibility index (Phi) is 2.83. The van der Waals surface area contributed by atoms with Crippen LogP contribution in [0.15, 0.2) is 30.4 Å². The van der Waals surface area contributed by atoms with E-state index in [1.54, 1.807) is 26.0 Å². The van der Waals surface area contributed by atoms with Crippen molar-refractivity contribution >= 4 is 0 Å². The van der Waals surface area contributed by atoms with Crippen molar-refractivity contribution < 1.29 is 9.50 Å². The van der Waals surface area contributed by atoms with E-state index in [1.807, 2.05) is 0 Å². The number of hydrogen-bond acceptors (Lipinski definition) is 1. The molecule has 0 fully saturated rings. The van der Waals surface area contributed by atoms with E-state index >= 15 is 0 Å². The van der Waals surface area contributed by atoms with Gasteiger partial charge in [-0.3, -0.25) is 0 Å². The van der Waals surface area contributed by atoms with Crippen molar-refractivity contribution in [2.45, 2.75) is 20.0 Å². The van der Waals surface area contributed by atoms with Gasteiger partial charge in [0.2, 0.25) is 0 Å². The molecule has 0 saturated heterocycles. The zero-order valence-electron chi connectivity index (χ0n) is 7.84. The second kappa shape index (κ2) is 3.71. The van der Waals surface area contributed by atoms with Crippen LogP contribution in [-0.2, 0) is 0 Å². The number of aliphatic hydroxyl groups excluding tert-OH is 1. The molecule has 1 unspecified atom stereocenters. The summed E-state index contributed by atoms with van der Waals surface area (Å²) in [5.74, 6) is -0.379. The van der Waals surface area contributed by atoms with Crippen LogP contribution in [0.5, 0.6) is 0 Å². The molecule has 13 heavy (non-hydrogen) atoms. The van der Waals surface area contributed by atoms with Crippen LogP contribution >= 0.6 is 0 Å². The first kappa shape index (κ1) is 9.93. The molecule has 0 aromatic heterocycles. The van der Waals surface area contributed by atoms with E-state index in [0.717, 1.165) is 5.56 Å². The summed E-state index contributed by atoms with van der Waals surface area (Å²) in [6.45, 7) is 7.05. The number of halogens is 1. The third kappa shape index (κ3) is 2.16. The Morgan fingerprint density at radius 2 is 2.15 bits per heavy atom.